The summed E-state index contributed by atoms with van der Waals surface area (Å²) < 4.78 is 19.1. The molecule has 2 fully saturated rings. The van der Waals surface area contributed by atoms with Gasteiger partial charge in [-0.1, -0.05) is 85.8 Å². The van der Waals surface area contributed by atoms with Crippen LogP contribution < -0.4 is 5.32 Å². The number of nitrogens with one attached hydrogen (secondary N) is 1. The second-order valence-corrected chi connectivity index (χ2v) is 12.4. The summed E-state index contributed by atoms with van der Waals surface area (Å²) in [5, 5.41) is 12.6. The first-order valence-electron chi connectivity index (χ1n) is 16.3. The van der Waals surface area contributed by atoms with Gasteiger partial charge in [-0.2, -0.15) is 0 Å². The highest BCUT2D eigenvalue weighted by Gasteiger charge is 2.40. The minimum Gasteiger partial charge on any atom is -0.392 e. The van der Waals surface area contributed by atoms with E-state index in [0.717, 1.165) is 65.9 Å². The first-order valence-corrected chi connectivity index (χ1v) is 16.3. The Balaban J connectivity index is 1.23. The number of benzene rings is 4. The smallest absolute Gasteiger partial charge is 0.251 e. The Morgan fingerprint density at radius 3 is 2.41 bits per heavy atom. The molecule has 6 rings (SSSR count). The van der Waals surface area contributed by atoms with Crippen molar-refractivity contribution in [2.24, 2.45) is 5.92 Å². The molecule has 0 aromatic heterocycles. The Kier molecular flexibility index (Phi) is 10.6. The topological polar surface area (TPSA) is 80.3 Å². The van der Waals surface area contributed by atoms with Crippen molar-refractivity contribution in [3.05, 3.63) is 131 Å². The van der Waals surface area contributed by atoms with E-state index < -0.39 is 6.29 Å². The molecule has 2 saturated heterocycles. The fraction of sp³-hybridized carbons (Fsp3) is 0.359. The van der Waals surface area contributed by atoms with Gasteiger partial charge < -0.3 is 24.6 Å². The van der Waals surface area contributed by atoms with Crippen molar-refractivity contribution in [2.45, 2.75) is 57.5 Å². The Hall–Kier alpha value is -3.85. The van der Waals surface area contributed by atoms with E-state index >= 15 is 0 Å². The summed E-state index contributed by atoms with van der Waals surface area (Å²) in [6.45, 7) is 5.25. The number of carbonyl (C=O) groups excluding carboxylic acids is 1. The molecule has 240 valence electrons. The average Bonchev–Trinajstić information content (AvgIpc) is 3.55. The molecule has 7 heteroatoms. The number of ether oxygens (including phenoxy) is 3. The number of aliphatic hydroxyl groups excluding tert-OH is 1. The predicted molar refractivity (Wildman–Crippen MR) is 179 cm³/mol. The Labute approximate surface area is 272 Å². The third-order valence-electron chi connectivity index (χ3n) is 9.30. The van der Waals surface area contributed by atoms with Gasteiger partial charge in [0.25, 0.3) is 5.91 Å². The molecular formula is C39H44N2O5. The number of methoxy groups -OCH3 is 1. The molecule has 1 amide bonds. The van der Waals surface area contributed by atoms with Gasteiger partial charge in [0.05, 0.1) is 25.4 Å². The fourth-order valence-corrected chi connectivity index (χ4v) is 6.68. The van der Waals surface area contributed by atoms with Crippen LogP contribution in [0, 0.1) is 5.92 Å². The first kappa shape index (κ1) is 32.1. The van der Waals surface area contributed by atoms with Crippen molar-refractivity contribution in [2.75, 3.05) is 26.8 Å². The van der Waals surface area contributed by atoms with Gasteiger partial charge in [-0.3, -0.25) is 9.69 Å². The summed E-state index contributed by atoms with van der Waals surface area (Å²) in [4.78, 5) is 15.1. The van der Waals surface area contributed by atoms with Crippen LogP contribution in [-0.2, 0) is 27.4 Å². The lowest BCUT2D eigenvalue weighted by molar-refractivity contribution is -0.276. The maximum absolute atomic E-state index is 12.6. The zero-order valence-corrected chi connectivity index (χ0v) is 26.7. The van der Waals surface area contributed by atoms with E-state index in [1.807, 2.05) is 54.6 Å². The number of carbonyl (C=O) groups is 1. The Bertz CT molecular complexity index is 1580. The SMILES string of the molecule is COCC1CCCN1CC1OC(c2cccc(-c3cccc(CNC(=O)c4ccccc4)c3)c2)OC(c2ccc(CO)cc2)C1C. The third kappa shape index (κ3) is 7.57. The largest absolute Gasteiger partial charge is 0.392 e. The van der Waals surface area contributed by atoms with Crippen LogP contribution in [0.5, 0.6) is 0 Å². The molecule has 2 aliphatic rings. The summed E-state index contributed by atoms with van der Waals surface area (Å²) in [6, 6.07) is 34.3. The molecule has 4 aromatic carbocycles. The van der Waals surface area contributed by atoms with Crippen LogP contribution in [0.25, 0.3) is 11.1 Å². The summed E-state index contributed by atoms with van der Waals surface area (Å²) in [5.41, 5.74) is 6.71. The zero-order valence-electron chi connectivity index (χ0n) is 26.7. The highest BCUT2D eigenvalue weighted by Crippen LogP contribution is 2.43. The monoisotopic (exact) mass is 620 g/mol. The van der Waals surface area contributed by atoms with Crippen LogP contribution in [-0.4, -0.2) is 54.9 Å². The average molecular weight is 621 g/mol. The predicted octanol–water partition coefficient (Wildman–Crippen LogP) is 6.68. The van der Waals surface area contributed by atoms with E-state index in [0.29, 0.717) is 18.2 Å². The maximum Gasteiger partial charge on any atom is 0.251 e. The molecule has 0 spiro atoms. The molecule has 0 saturated carbocycles. The van der Waals surface area contributed by atoms with Gasteiger partial charge in [0.2, 0.25) is 0 Å². The number of hydrogen-bond donors (Lipinski definition) is 2. The van der Waals surface area contributed by atoms with Gasteiger partial charge in [0, 0.05) is 43.3 Å². The molecule has 7 nitrogen and oxygen atoms in total. The van der Waals surface area contributed by atoms with E-state index in [-0.39, 0.29) is 30.6 Å². The lowest BCUT2D eigenvalue weighted by Gasteiger charge is -2.43. The first-order chi connectivity index (χ1) is 22.5. The molecule has 4 aromatic rings. The quantitative estimate of drug-likeness (QED) is 0.195. The van der Waals surface area contributed by atoms with Gasteiger partial charge in [-0.25, -0.2) is 0 Å². The van der Waals surface area contributed by atoms with Crippen molar-refractivity contribution in [1.29, 1.82) is 0 Å². The van der Waals surface area contributed by atoms with Crippen LogP contribution >= 0.6 is 0 Å². The van der Waals surface area contributed by atoms with Crippen molar-refractivity contribution < 1.29 is 24.1 Å². The summed E-state index contributed by atoms with van der Waals surface area (Å²) in [6.07, 6.45) is 1.55. The Morgan fingerprint density at radius 1 is 0.891 bits per heavy atom. The number of amides is 1. The van der Waals surface area contributed by atoms with Gasteiger partial charge in [0.15, 0.2) is 6.29 Å². The van der Waals surface area contributed by atoms with Crippen molar-refractivity contribution in [3.63, 3.8) is 0 Å². The lowest BCUT2D eigenvalue weighted by Crippen LogP contribution is -2.46. The number of aliphatic hydroxyl groups is 1. The molecular weight excluding hydrogens is 576 g/mol. The number of hydrogen-bond acceptors (Lipinski definition) is 6. The van der Waals surface area contributed by atoms with Crippen molar-refractivity contribution in [1.82, 2.24) is 10.2 Å². The summed E-state index contributed by atoms with van der Waals surface area (Å²) >= 11 is 0. The molecule has 46 heavy (non-hydrogen) atoms. The van der Waals surface area contributed by atoms with Crippen LogP contribution in [0.4, 0.5) is 0 Å². The van der Waals surface area contributed by atoms with Crippen LogP contribution in [0.2, 0.25) is 0 Å². The fourth-order valence-electron chi connectivity index (χ4n) is 6.68. The minimum atomic E-state index is -0.541. The van der Waals surface area contributed by atoms with Gasteiger partial charge >= 0.3 is 0 Å². The van der Waals surface area contributed by atoms with Crippen LogP contribution in [0.1, 0.15) is 64.8 Å². The second-order valence-electron chi connectivity index (χ2n) is 12.4. The zero-order chi connectivity index (χ0) is 31.9. The molecule has 2 aliphatic heterocycles. The van der Waals surface area contributed by atoms with E-state index in [2.05, 4.69) is 65.7 Å². The molecule has 0 aliphatic carbocycles. The van der Waals surface area contributed by atoms with Crippen LogP contribution in [0.15, 0.2) is 103 Å². The molecule has 2 N–H and O–H groups in total. The van der Waals surface area contributed by atoms with E-state index in [1.54, 1.807) is 7.11 Å². The highest BCUT2D eigenvalue weighted by atomic mass is 16.7. The number of nitrogens with zero attached hydrogens (tertiary/aromatic N) is 1. The molecule has 2 heterocycles. The minimum absolute atomic E-state index is 0.0129. The molecule has 0 radical (unpaired) electrons. The van der Waals surface area contributed by atoms with Crippen molar-refractivity contribution in [3.8, 4) is 11.1 Å². The second kappa shape index (κ2) is 15.2. The van der Waals surface area contributed by atoms with Gasteiger partial charge in [-0.15, -0.1) is 0 Å². The number of likely N-dealkylation sites (tertiary alicyclic amines) is 1. The number of rotatable bonds is 11. The lowest BCUT2D eigenvalue weighted by atomic mass is 9.89. The summed E-state index contributed by atoms with van der Waals surface area (Å²) in [5.74, 6) is 0.0254. The van der Waals surface area contributed by atoms with E-state index in [4.69, 9.17) is 14.2 Å². The molecule has 5 atom stereocenters. The molecule has 5 unspecified atom stereocenters. The van der Waals surface area contributed by atoms with Gasteiger partial charge in [-0.05, 0) is 71.5 Å². The van der Waals surface area contributed by atoms with E-state index in [9.17, 15) is 9.90 Å². The normalized spacial score (nSPS) is 23.3. The third-order valence-corrected chi connectivity index (χ3v) is 9.30. The van der Waals surface area contributed by atoms with Crippen molar-refractivity contribution >= 4 is 5.91 Å². The Morgan fingerprint density at radius 2 is 1.65 bits per heavy atom. The molecule has 0 bridgehead atoms. The standard InChI is InChI=1S/C39H44N2O5/c1-27-36(24-41-20-8-15-35(41)26-44-2)45-39(46-37(27)30-18-16-28(25-42)17-19-30)34-14-7-13-33(22-34)32-12-6-9-29(21-32)23-40-38(43)31-10-4-3-5-11-31/h3-7,9-14,16-19,21-22,27,35-37,39,42H,8,15,20,23-26H2,1-2H3,(H,40,43). The van der Waals surface area contributed by atoms with E-state index in [1.165, 1.54) is 0 Å². The van der Waals surface area contributed by atoms with Gasteiger partial charge in [0.1, 0.15) is 0 Å². The summed E-state index contributed by atoms with van der Waals surface area (Å²) in [7, 11) is 1.77. The maximum atomic E-state index is 12.6. The van der Waals surface area contributed by atoms with Crippen LogP contribution in [0.3, 0.4) is 0 Å². The highest BCUT2D eigenvalue weighted by molar-refractivity contribution is 5.94.